The second-order valence-corrected chi connectivity index (χ2v) is 10.1. The fourth-order valence-electron chi connectivity index (χ4n) is 5.57. The van der Waals surface area contributed by atoms with Crippen molar-refractivity contribution in [2.75, 3.05) is 46.4 Å². The summed E-state index contributed by atoms with van der Waals surface area (Å²) in [6.45, 7) is 6.68. The molecule has 7 heteroatoms. The fraction of sp³-hybridized carbons (Fsp3) is 0.464. The van der Waals surface area contributed by atoms with E-state index in [4.69, 9.17) is 9.72 Å². The lowest BCUT2D eigenvalue weighted by Gasteiger charge is -2.32. The van der Waals surface area contributed by atoms with Crippen LogP contribution in [0.3, 0.4) is 0 Å². The minimum Gasteiger partial charge on any atom is -0.381 e. The van der Waals surface area contributed by atoms with Gasteiger partial charge in [-0.05, 0) is 67.6 Å². The van der Waals surface area contributed by atoms with Crippen LogP contribution in [0.5, 0.6) is 0 Å². The summed E-state index contributed by atoms with van der Waals surface area (Å²) < 4.78 is 7.28. The normalized spacial score (nSPS) is 20.1. The predicted molar refractivity (Wildman–Crippen MR) is 135 cm³/mol. The number of aryl methyl sites for hydroxylation is 1. The monoisotopic (exact) mass is 471 g/mol. The molecule has 7 nitrogen and oxygen atoms in total. The Balaban J connectivity index is 1.30. The Morgan fingerprint density at radius 1 is 1.11 bits per heavy atom. The highest BCUT2D eigenvalue weighted by atomic mass is 16.5. The van der Waals surface area contributed by atoms with Gasteiger partial charge < -0.3 is 9.64 Å². The number of carbonyl (C=O) groups excluding carboxylic acids is 1. The third-order valence-electron chi connectivity index (χ3n) is 7.74. The molecule has 0 amide bonds. The predicted octanol–water partition coefficient (Wildman–Crippen LogP) is 3.46. The number of nitrogens with zero attached hydrogens (tertiary/aromatic N) is 5. The van der Waals surface area contributed by atoms with Gasteiger partial charge in [-0.2, -0.15) is 5.10 Å². The number of rotatable bonds is 5. The van der Waals surface area contributed by atoms with Crippen LogP contribution in [0.25, 0.3) is 11.1 Å². The molecule has 0 saturated carbocycles. The topological polar surface area (TPSA) is 63.0 Å². The number of likely N-dealkylation sites (N-methyl/N-ethyl adjacent to an activating group) is 1. The van der Waals surface area contributed by atoms with E-state index in [2.05, 4.69) is 52.4 Å². The van der Waals surface area contributed by atoms with Gasteiger partial charge in [-0.1, -0.05) is 6.08 Å². The van der Waals surface area contributed by atoms with Crippen LogP contribution >= 0.6 is 0 Å². The molecule has 6 rings (SSSR count). The van der Waals surface area contributed by atoms with Gasteiger partial charge in [-0.15, -0.1) is 0 Å². The molecule has 2 saturated heterocycles. The quantitative estimate of drug-likeness (QED) is 0.531. The molecule has 0 spiro atoms. The van der Waals surface area contributed by atoms with E-state index in [0.29, 0.717) is 13.2 Å². The molecule has 0 atom stereocenters. The Morgan fingerprint density at radius 2 is 1.94 bits per heavy atom. The summed E-state index contributed by atoms with van der Waals surface area (Å²) in [5.74, 6) is 0.214. The van der Waals surface area contributed by atoms with E-state index in [1.165, 1.54) is 16.7 Å². The van der Waals surface area contributed by atoms with Crippen molar-refractivity contribution >= 4 is 16.9 Å². The second-order valence-electron chi connectivity index (χ2n) is 10.1. The second kappa shape index (κ2) is 9.64. The zero-order valence-electron chi connectivity index (χ0n) is 20.4. The van der Waals surface area contributed by atoms with E-state index in [-0.39, 0.29) is 11.7 Å². The Bertz CT molecular complexity index is 1270. The van der Waals surface area contributed by atoms with E-state index >= 15 is 0 Å². The molecule has 5 heterocycles. The first-order valence-corrected chi connectivity index (χ1v) is 12.8. The molecule has 2 aliphatic heterocycles. The summed E-state index contributed by atoms with van der Waals surface area (Å²) in [5.41, 5.74) is 7.60. The maximum atomic E-state index is 13.3. The van der Waals surface area contributed by atoms with Crippen LogP contribution in [0, 0.1) is 5.92 Å². The first-order valence-electron chi connectivity index (χ1n) is 12.8. The average molecular weight is 472 g/mol. The number of carbonyl (C=O) groups is 1. The first-order chi connectivity index (χ1) is 17.2. The van der Waals surface area contributed by atoms with Gasteiger partial charge >= 0.3 is 0 Å². The van der Waals surface area contributed by atoms with E-state index in [1.54, 1.807) is 6.20 Å². The Hall–Kier alpha value is -2.87. The average Bonchev–Trinajstić information content (AvgIpc) is 3.33. The maximum absolute atomic E-state index is 13.3. The molecule has 1 aliphatic carbocycles. The molecule has 35 heavy (non-hydrogen) atoms. The molecule has 0 unspecified atom stereocenters. The summed E-state index contributed by atoms with van der Waals surface area (Å²) in [6.07, 6.45) is 11.6. The Labute approximate surface area is 206 Å². The van der Waals surface area contributed by atoms with Crippen molar-refractivity contribution in [3.63, 3.8) is 0 Å². The molecular weight excluding hydrogens is 438 g/mol. The lowest BCUT2D eigenvalue weighted by atomic mass is 9.88. The molecule has 2 fully saturated rings. The molecule has 0 aromatic carbocycles. The molecule has 3 aromatic rings. The van der Waals surface area contributed by atoms with Crippen molar-refractivity contribution in [2.24, 2.45) is 5.92 Å². The molecule has 0 radical (unpaired) electrons. The van der Waals surface area contributed by atoms with Gasteiger partial charge in [0, 0.05) is 75.5 Å². The highest BCUT2D eigenvalue weighted by Crippen LogP contribution is 2.33. The third-order valence-corrected chi connectivity index (χ3v) is 7.74. The van der Waals surface area contributed by atoms with Gasteiger partial charge in [-0.25, -0.2) is 4.52 Å². The molecular formula is C28H33N5O2. The minimum atomic E-state index is 0.0244. The zero-order chi connectivity index (χ0) is 23.8. The maximum Gasteiger partial charge on any atom is 0.169 e. The van der Waals surface area contributed by atoms with E-state index in [9.17, 15) is 4.79 Å². The molecule has 182 valence electrons. The Morgan fingerprint density at radius 3 is 2.77 bits per heavy atom. The highest BCUT2D eigenvalue weighted by Gasteiger charge is 2.26. The smallest absolute Gasteiger partial charge is 0.169 e. The van der Waals surface area contributed by atoms with Gasteiger partial charge in [0.15, 0.2) is 5.78 Å². The number of allylic oxidation sites excluding steroid dienone is 1. The molecule has 3 aromatic heterocycles. The van der Waals surface area contributed by atoms with E-state index < -0.39 is 0 Å². The van der Waals surface area contributed by atoms with Crippen LogP contribution in [0.15, 0.2) is 42.9 Å². The highest BCUT2D eigenvalue weighted by molar-refractivity contribution is 6.04. The summed E-state index contributed by atoms with van der Waals surface area (Å²) in [6, 6.07) is 6.57. The van der Waals surface area contributed by atoms with Crippen LogP contribution in [0.4, 0.5) is 0 Å². The molecule has 0 bridgehead atoms. The summed E-state index contributed by atoms with van der Waals surface area (Å²) in [5, 5.41) is 4.47. The van der Waals surface area contributed by atoms with Crippen molar-refractivity contribution in [3.05, 3.63) is 70.8 Å². The number of hydrogen-bond acceptors (Lipinski definition) is 6. The van der Waals surface area contributed by atoms with Crippen molar-refractivity contribution in [2.45, 2.75) is 32.2 Å². The molecule has 3 aliphatic rings. The number of ether oxygens (including phenoxy) is 1. The summed E-state index contributed by atoms with van der Waals surface area (Å²) in [4.78, 5) is 23.0. The van der Waals surface area contributed by atoms with Crippen molar-refractivity contribution in [1.82, 2.24) is 24.4 Å². The number of fused-ring (bicyclic) bond motifs is 2. The van der Waals surface area contributed by atoms with Gasteiger partial charge in [0.2, 0.25) is 0 Å². The lowest BCUT2D eigenvalue weighted by Crippen LogP contribution is -2.43. The van der Waals surface area contributed by atoms with Gasteiger partial charge in [0.1, 0.15) is 0 Å². The number of pyridine rings is 2. The number of ketones is 1. The number of hydrogen-bond donors (Lipinski definition) is 0. The van der Waals surface area contributed by atoms with Gasteiger partial charge in [0.25, 0.3) is 0 Å². The van der Waals surface area contributed by atoms with Crippen LogP contribution in [0.2, 0.25) is 0 Å². The van der Waals surface area contributed by atoms with Crippen molar-refractivity contribution in [1.29, 1.82) is 0 Å². The largest absolute Gasteiger partial charge is 0.381 e. The van der Waals surface area contributed by atoms with E-state index in [1.807, 2.05) is 10.7 Å². The number of aromatic nitrogens is 3. The fourth-order valence-corrected chi connectivity index (χ4v) is 5.57. The third kappa shape index (κ3) is 4.56. The Kier molecular flexibility index (Phi) is 6.22. The van der Waals surface area contributed by atoms with Crippen LogP contribution in [0.1, 0.15) is 52.0 Å². The summed E-state index contributed by atoms with van der Waals surface area (Å²) >= 11 is 0. The summed E-state index contributed by atoms with van der Waals surface area (Å²) in [7, 11) is 2.19. The van der Waals surface area contributed by atoms with Crippen LogP contribution in [-0.2, 0) is 17.7 Å². The van der Waals surface area contributed by atoms with Crippen molar-refractivity contribution in [3.8, 4) is 0 Å². The van der Waals surface area contributed by atoms with Gasteiger partial charge in [-0.3, -0.25) is 14.7 Å². The number of Topliss-reactive ketones (excluding diaryl/α,β-unsaturated/α-hetero) is 1. The standard InChI is InChI=1S/C28H33N5O2/c1-31-9-11-32(12-10-31)19-20-15-24-23(3-2-4-26(24)29-17-20)22-5-8-33-27(16-22)25(18-30-33)28(34)21-6-13-35-14-7-21/h3,5,8,15-18,21H,2,4,6-7,9-14,19H2,1H3. The van der Waals surface area contributed by atoms with Crippen LogP contribution < -0.4 is 0 Å². The minimum absolute atomic E-state index is 0.0244. The number of piperazine rings is 1. The first kappa shape index (κ1) is 22.6. The van der Waals surface area contributed by atoms with Gasteiger partial charge in [0.05, 0.1) is 17.3 Å². The van der Waals surface area contributed by atoms with Crippen molar-refractivity contribution < 1.29 is 9.53 Å². The van der Waals surface area contributed by atoms with Crippen LogP contribution in [-0.4, -0.2) is 76.6 Å². The molecule has 0 N–H and O–H groups in total. The SMILES string of the molecule is CN1CCN(Cc2cnc3c(c2)C(c2ccn4ncc(C(=O)C5CCOCC5)c4c2)=CCC3)CC1. The lowest BCUT2D eigenvalue weighted by molar-refractivity contribution is 0.0546. The van der Waals surface area contributed by atoms with E-state index in [0.717, 1.165) is 80.7 Å². The zero-order valence-corrected chi connectivity index (χ0v) is 20.4.